The van der Waals surface area contributed by atoms with Gasteiger partial charge in [-0.15, -0.1) is 0 Å². The summed E-state index contributed by atoms with van der Waals surface area (Å²) in [5, 5.41) is 0. The lowest BCUT2D eigenvalue weighted by atomic mass is 9.96. The summed E-state index contributed by atoms with van der Waals surface area (Å²) in [6, 6.07) is 6.45. The van der Waals surface area contributed by atoms with Crippen molar-refractivity contribution in [3.8, 4) is 5.75 Å². The number of nitrogens with zero attached hydrogens (tertiary/aromatic N) is 2. The van der Waals surface area contributed by atoms with E-state index in [0.29, 0.717) is 77.8 Å². The number of rotatable bonds is 8. The maximum Gasteiger partial charge on any atom is 0.243 e. The van der Waals surface area contributed by atoms with Crippen molar-refractivity contribution < 1.29 is 27.4 Å². The van der Waals surface area contributed by atoms with Crippen LogP contribution in [0.15, 0.2) is 29.2 Å². The van der Waals surface area contributed by atoms with Gasteiger partial charge in [-0.1, -0.05) is 0 Å². The molecule has 162 valence electrons. The fourth-order valence-corrected chi connectivity index (χ4v) is 5.07. The largest absolute Gasteiger partial charge is 0.491 e. The molecular weight excluding hydrogens is 396 g/mol. The van der Waals surface area contributed by atoms with Crippen LogP contribution in [-0.4, -0.2) is 82.7 Å². The molecule has 0 radical (unpaired) electrons. The van der Waals surface area contributed by atoms with Crippen LogP contribution in [-0.2, 0) is 24.3 Å². The fourth-order valence-electron chi connectivity index (χ4n) is 3.60. The molecule has 0 aliphatic carbocycles. The van der Waals surface area contributed by atoms with Crippen molar-refractivity contribution in [1.82, 2.24) is 9.21 Å². The lowest BCUT2D eigenvalue weighted by Crippen LogP contribution is -2.47. The van der Waals surface area contributed by atoms with Crippen molar-refractivity contribution in [2.24, 2.45) is 5.92 Å². The molecule has 2 aliphatic rings. The van der Waals surface area contributed by atoms with Crippen LogP contribution in [0.25, 0.3) is 0 Å². The molecule has 8 nitrogen and oxygen atoms in total. The van der Waals surface area contributed by atoms with E-state index in [4.69, 9.17) is 14.2 Å². The number of ether oxygens (including phenoxy) is 3. The maximum absolute atomic E-state index is 12.9. The van der Waals surface area contributed by atoms with Gasteiger partial charge in [0, 0.05) is 38.7 Å². The molecular formula is C20H30N2O6S. The summed E-state index contributed by atoms with van der Waals surface area (Å²) >= 11 is 0. The van der Waals surface area contributed by atoms with Crippen LogP contribution in [0, 0.1) is 5.92 Å². The van der Waals surface area contributed by atoms with Crippen molar-refractivity contribution in [1.29, 1.82) is 0 Å². The molecule has 2 saturated heterocycles. The summed E-state index contributed by atoms with van der Waals surface area (Å²) in [6.07, 6.45) is 1.10. The lowest BCUT2D eigenvalue weighted by molar-refractivity contribution is -0.140. The minimum Gasteiger partial charge on any atom is -0.491 e. The molecule has 3 rings (SSSR count). The van der Waals surface area contributed by atoms with E-state index in [9.17, 15) is 13.2 Å². The number of amides is 1. The van der Waals surface area contributed by atoms with Crippen molar-refractivity contribution in [3.63, 3.8) is 0 Å². The third-order valence-electron chi connectivity index (χ3n) is 5.29. The first-order valence-corrected chi connectivity index (χ1v) is 11.6. The lowest BCUT2D eigenvalue weighted by Gasteiger charge is -2.35. The van der Waals surface area contributed by atoms with E-state index in [2.05, 4.69) is 0 Å². The summed E-state index contributed by atoms with van der Waals surface area (Å²) in [4.78, 5) is 14.7. The minimum absolute atomic E-state index is 0.110. The van der Waals surface area contributed by atoms with Crippen molar-refractivity contribution in [3.05, 3.63) is 24.3 Å². The molecule has 2 fully saturated rings. The summed E-state index contributed by atoms with van der Waals surface area (Å²) < 4.78 is 43.4. The second-order valence-corrected chi connectivity index (χ2v) is 9.07. The van der Waals surface area contributed by atoms with Crippen LogP contribution in [0.2, 0.25) is 0 Å². The highest BCUT2D eigenvalue weighted by molar-refractivity contribution is 7.89. The molecule has 0 saturated carbocycles. The third kappa shape index (κ3) is 5.69. The summed E-state index contributed by atoms with van der Waals surface area (Å²) in [5.41, 5.74) is 0. The number of carbonyl (C=O) groups excluding carboxylic acids is 1. The standard InChI is InChI=1S/C20H30N2O6S/c1-2-26-15-16-28-18-3-5-19(6-4-18)29(24,25)22-9-7-17(8-10-22)20(23)21-11-13-27-14-12-21/h3-6,17H,2,7-16H2,1H3. The Labute approximate surface area is 172 Å². The Morgan fingerprint density at radius 3 is 2.34 bits per heavy atom. The Hall–Kier alpha value is -1.68. The summed E-state index contributed by atoms with van der Waals surface area (Å²) in [5.74, 6) is 0.623. The second kappa shape index (κ2) is 10.4. The zero-order valence-electron chi connectivity index (χ0n) is 16.9. The molecule has 0 N–H and O–H groups in total. The number of hydrogen-bond acceptors (Lipinski definition) is 6. The Morgan fingerprint density at radius 2 is 1.72 bits per heavy atom. The molecule has 0 atom stereocenters. The molecule has 29 heavy (non-hydrogen) atoms. The minimum atomic E-state index is -3.57. The number of hydrogen-bond donors (Lipinski definition) is 0. The quantitative estimate of drug-likeness (QED) is 0.584. The smallest absolute Gasteiger partial charge is 0.243 e. The highest BCUT2D eigenvalue weighted by Crippen LogP contribution is 2.26. The normalized spacial score (nSPS) is 19.3. The predicted octanol–water partition coefficient (Wildman–Crippen LogP) is 1.36. The Kier molecular flexibility index (Phi) is 7.88. The van der Waals surface area contributed by atoms with Crippen molar-refractivity contribution >= 4 is 15.9 Å². The molecule has 0 aromatic heterocycles. The molecule has 2 heterocycles. The molecule has 9 heteroatoms. The Morgan fingerprint density at radius 1 is 1.07 bits per heavy atom. The van der Waals surface area contributed by atoms with Gasteiger partial charge in [0.2, 0.25) is 15.9 Å². The van der Waals surface area contributed by atoms with Crippen molar-refractivity contribution in [2.45, 2.75) is 24.7 Å². The van der Waals surface area contributed by atoms with E-state index < -0.39 is 10.0 Å². The van der Waals surface area contributed by atoms with E-state index in [1.807, 2.05) is 11.8 Å². The first-order valence-electron chi connectivity index (χ1n) is 10.2. The first-order chi connectivity index (χ1) is 14.0. The number of morpholine rings is 1. The van der Waals surface area contributed by atoms with E-state index >= 15 is 0 Å². The van der Waals surface area contributed by atoms with Gasteiger partial charge in [0.05, 0.1) is 24.7 Å². The van der Waals surface area contributed by atoms with E-state index in [1.54, 1.807) is 24.3 Å². The SMILES string of the molecule is CCOCCOc1ccc(S(=O)(=O)N2CCC(C(=O)N3CCOCC3)CC2)cc1. The van der Waals surface area contributed by atoms with Gasteiger partial charge >= 0.3 is 0 Å². The van der Waals surface area contributed by atoms with Crippen LogP contribution >= 0.6 is 0 Å². The van der Waals surface area contributed by atoms with E-state index in [0.717, 1.165) is 0 Å². The van der Waals surface area contributed by atoms with E-state index in [-0.39, 0.29) is 16.7 Å². The van der Waals surface area contributed by atoms with Crippen LogP contribution in [0.1, 0.15) is 19.8 Å². The zero-order chi connectivity index (χ0) is 20.7. The van der Waals surface area contributed by atoms with Gasteiger partial charge in [0.15, 0.2) is 0 Å². The molecule has 2 aliphatic heterocycles. The summed E-state index contributed by atoms with van der Waals surface area (Å²) in [6.45, 7) is 6.57. The molecule has 1 aromatic rings. The fraction of sp³-hybridized carbons (Fsp3) is 0.650. The molecule has 0 spiro atoms. The number of carbonyl (C=O) groups is 1. The average Bonchev–Trinajstić information content (AvgIpc) is 2.77. The molecule has 0 bridgehead atoms. The predicted molar refractivity (Wildman–Crippen MR) is 107 cm³/mol. The topological polar surface area (TPSA) is 85.4 Å². The number of piperidine rings is 1. The highest BCUT2D eigenvalue weighted by Gasteiger charge is 2.34. The van der Waals surface area contributed by atoms with Gasteiger partial charge in [0.1, 0.15) is 12.4 Å². The van der Waals surface area contributed by atoms with Crippen molar-refractivity contribution in [2.75, 3.05) is 59.2 Å². The summed E-state index contributed by atoms with van der Waals surface area (Å²) in [7, 11) is -3.57. The highest BCUT2D eigenvalue weighted by atomic mass is 32.2. The average molecular weight is 427 g/mol. The third-order valence-corrected chi connectivity index (χ3v) is 7.20. The van der Waals surface area contributed by atoms with Crippen LogP contribution < -0.4 is 4.74 Å². The maximum atomic E-state index is 12.9. The van der Waals surface area contributed by atoms with E-state index in [1.165, 1.54) is 4.31 Å². The molecule has 1 aromatic carbocycles. The van der Waals surface area contributed by atoms with Gasteiger partial charge in [-0.05, 0) is 44.0 Å². The first kappa shape index (κ1) is 22.0. The number of benzene rings is 1. The van der Waals surface area contributed by atoms with Gasteiger partial charge < -0.3 is 19.1 Å². The zero-order valence-corrected chi connectivity index (χ0v) is 17.7. The van der Waals surface area contributed by atoms with Crippen LogP contribution in [0.3, 0.4) is 0 Å². The molecule has 0 unspecified atom stereocenters. The Bertz CT molecular complexity index is 754. The van der Waals surface area contributed by atoms with Gasteiger partial charge in [-0.3, -0.25) is 4.79 Å². The van der Waals surface area contributed by atoms with Gasteiger partial charge in [0.25, 0.3) is 0 Å². The van der Waals surface area contributed by atoms with Gasteiger partial charge in [-0.2, -0.15) is 4.31 Å². The second-order valence-electron chi connectivity index (χ2n) is 7.13. The monoisotopic (exact) mass is 426 g/mol. The van der Waals surface area contributed by atoms with Crippen LogP contribution in [0.5, 0.6) is 5.75 Å². The molecule has 1 amide bonds. The van der Waals surface area contributed by atoms with Crippen LogP contribution in [0.4, 0.5) is 0 Å². The number of sulfonamides is 1. The van der Waals surface area contributed by atoms with Gasteiger partial charge in [-0.25, -0.2) is 8.42 Å². The Balaban J connectivity index is 1.53.